The third-order valence-electron chi connectivity index (χ3n) is 2.58. The van der Waals surface area contributed by atoms with Crippen LogP contribution in [0.25, 0.3) is 0 Å². The number of aliphatic hydroxyl groups is 1. The zero-order valence-corrected chi connectivity index (χ0v) is 10.6. The number of rotatable bonds is 5. The van der Waals surface area contributed by atoms with Gasteiger partial charge in [-0.3, -0.25) is 4.55 Å². The zero-order chi connectivity index (χ0) is 13.1. The van der Waals surface area contributed by atoms with Crippen molar-refractivity contribution >= 4 is 10.1 Å². The van der Waals surface area contributed by atoms with Crippen molar-refractivity contribution in [2.75, 3.05) is 7.11 Å². The van der Waals surface area contributed by atoms with Crippen LogP contribution in [0.1, 0.15) is 31.1 Å². The van der Waals surface area contributed by atoms with E-state index < -0.39 is 15.4 Å². The van der Waals surface area contributed by atoms with E-state index in [0.29, 0.717) is 16.9 Å². The number of hydrogen-bond donors (Lipinski definition) is 2. The summed E-state index contributed by atoms with van der Waals surface area (Å²) in [4.78, 5) is 0. The maximum atomic E-state index is 11.2. The van der Waals surface area contributed by atoms with Gasteiger partial charge in [0.1, 0.15) is 11.0 Å². The molecule has 0 saturated carbocycles. The van der Waals surface area contributed by atoms with Crippen molar-refractivity contribution in [3.8, 4) is 5.75 Å². The maximum absolute atomic E-state index is 11.2. The summed E-state index contributed by atoms with van der Waals surface area (Å²) >= 11 is 0. The van der Waals surface area contributed by atoms with Crippen molar-refractivity contribution < 1.29 is 24.2 Å². The molecule has 6 heteroatoms. The van der Waals surface area contributed by atoms with Gasteiger partial charge in [0.2, 0.25) is 0 Å². The number of aliphatic hydroxyl groups excluding tert-OH is 1. The van der Waals surface area contributed by atoms with Crippen molar-refractivity contribution in [2.45, 2.75) is 25.2 Å². The van der Waals surface area contributed by atoms with E-state index in [-0.39, 0.29) is 14.5 Å². The van der Waals surface area contributed by atoms with Gasteiger partial charge in [0.25, 0.3) is 10.1 Å². The first-order valence-corrected chi connectivity index (χ1v) is 6.68. The zero-order valence-electron chi connectivity index (χ0n) is 9.75. The Morgan fingerprint density at radius 1 is 1.47 bits per heavy atom. The first-order valence-electron chi connectivity index (χ1n) is 5.18. The van der Waals surface area contributed by atoms with Crippen LogP contribution in [0.4, 0.5) is 0 Å². The van der Waals surface area contributed by atoms with Crippen LogP contribution in [-0.2, 0) is 16.7 Å². The summed E-state index contributed by atoms with van der Waals surface area (Å²) in [6.45, 7) is 1.42. The van der Waals surface area contributed by atoms with Crippen LogP contribution in [0.2, 0.25) is 0 Å². The molecule has 0 radical (unpaired) electrons. The highest BCUT2D eigenvalue weighted by Gasteiger charge is 2.23. The molecule has 98 valence electrons. The van der Waals surface area contributed by atoms with Crippen LogP contribution in [0.3, 0.4) is 0 Å². The Labute approximate surface area is 102 Å². The van der Waals surface area contributed by atoms with E-state index in [0.717, 1.165) is 0 Å². The van der Waals surface area contributed by atoms with Gasteiger partial charge in [-0.2, -0.15) is 8.42 Å². The molecule has 0 fully saturated rings. The fourth-order valence-electron chi connectivity index (χ4n) is 1.74. The SMILES string of the molecule is CCC(c1ccc(OC)c(CO)c1)S(=O)(=O)O.[HH]. The van der Waals surface area contributed by atoms with E-state index in [2.05, 4.69) is 0 Å². The summed E-state index contributed by atoms with van der Waals surface area (Å²) in [5, 5.41) is 8.17. The van der Waals surface area contributed by atoms with Crippen molar-refractivity contribution in [2.24, 2.45) is 0 Å². The van der Waals surface area contributed by atoms with E-state index >= 15 is 0 Å². The third-order valence-corrected chi connectivity index (χ3v) is 3.90. The molecule has 1 aromatic rings. The number of hydrogen-bond acceptors (Lipinski definition) is 4. The number of ether oxygens (including phenoxy) is 1. The molecule has 5 nitrogen and oxygen atoms in total. The van der Waals surface area contributed by atoms with Crippen LogP contribution >= 0.6 is 0 Å². The summed E-state index contributed by atoms with van der Waals surface area (Å²) in [5.41, 5.74) is 0.937. The molecule has 0 heterocycles. The quantitative estimate of drug-likeness (QED) is 0.790. The van der Waals surface area contributed by atoms with E-state index in [1.807, 2.05) is 0 Å². The van der Waals surface area contributed by atoms with Crippen LogP contribution in [-0.4, -0.2) is 25.2 Å². The standard InChI is InChI=1S/C11H16O5S.H2/c1-3-11(17(13,14)15)8-4-5-10(16-2)9(6-8)7-12;/h4-6,11-12H,3,7H2,1-2H3,(H,13,14,15);1H. The summed E-state index contributed by atoms with van der Waals surface area (Å²) in [6, 6.07) is 4.68. The summed E-state index contributed by atoms with van der Waals surface area (Å²) in [6.07, 6.45) is 0.260. The predicted octanol–water partition coefficient (Wildman–Crippen LogP) is 1.77. The lowest BCUT2D eigenvalue weighted by molar-refractivity contribution is 0.273. The molecule has 0 aliphatic heterocycles. The van der Waals surface area contributed by atoms with Crippen molar-refractivity contribution in [1.29, 1.82) is 0 Å². The normalized spacial score (nSPS) is 13.4. The van der Waals surface area contributed by atoms with Gasteiger partial charge in [0, 0.05) is 6.99 Å². The Morgan fingerprint density at radius 2 is 2.12 bits per heavy atom. The molecular formula is C11H18O5S. The van der Waals surface area contributed by atoms with E-state index in [4.69, 9.17) is 14.4 Å². The molecule has 0 saturated heterocycles. The molecule has 1 unspecified atom stereocenters. The Morgan fingerprint density at radius 3 is 2.53 bits per heavy atom. The minimum absolute atomic E-state index is 0. The van der Waals surface area contributed by atoms with E-state index in [1.165, 1.54) is 13.2 Å². The lowest BCUT2D eigenvalue weighted by atomic mass is 10.1. The van der Waals surface area contributed by atoms with Crippen molar-refractivity contribution in [3.63, 3.8) is 0 Å². The summed E-state index contributed by atoms with van der Waals surface area (Å²) in [7, 11) is -2.67. The molecule has 0 aliphatic carbocycles. The molecule has 2 N–H and O–H groups in total. The van der Waals surface area contributed by atoms with Gasteiger partial charge >= 0.3 is 0 Å². The smallest absolute Gasteiger partial charge is 0.271 e. The molecule has 0 spiro atoms. The van der Waals surface area contributed by atoms with Gasteiger partial charge in [0.15, 0.2) is 0 Å². The Bertz CT molecular complexity index is 486. The second kappa shape index (κ2) is 5.48. The predicted molar refractivity (Wildman–Crippen MR) is 65.6 cm³/mol. The first kappa shape index (κ1) is 14.0. The third kappa shape index (κ3) is 3.18. The number of benzene rings is 1. The van der Waals surface area contributed by atoms with Gasteiger partial charge in [-0.25, -0.2) is 0 Å². The average molecular weight is 262 g/mol. The summed E-state index contributed by atoms with van der Waals surface area (Å²) in [5.74, 6) is 0.487. The van der Waals surface area contributed by atoms with Crippen LogP contribution in [0.15, 0.2) is 18.2 Å². The molecule has 0 aliphatic rings. The topological polar surface area (TPSA) is 83.8 Å². The Kier molecular flexibility index (Phi) is 4.50. The first-order chi connectivity index (χ1) is 7.93. The Hall–Kier alpha value is -1.11. The van der Waals surface area contributed by atoms with Gasteiger partial charge in [-0.05, 0) is 24.1 Å². The highest BCUT2D eigenvalue weighted by molar-refractivity contribution is 7.86. The second-order valence-electron chi connectivity index (χ2n) is 3.64. The molecule has 17 heavy (non-hydrogen) atoms. The van der Waals surface area contributed by atoms with Crippen LogP contribution in [0, 0.1) is 0 Å². The van der Waals surface area contributed by atoms with Gasteiger partial charge in [-0.1, -0.05) is 13.0 Å². The highest BCUT2D eigenvalue weighted by Crippen LogP contribution is 2.29. The van der Waals surface area contributed by atoms with Gasteiger partial charge in [0.05, 0.1) is 13.7 Å². The fraction of sp³-hybridized carbons (Fsp3) is 0.455. The maximum Gasteiger partial charge on any atom is 0.271 e. The Balaban J connectivity index is 0.00000289. The van der Waals surface area contributed by atoms with Crippen molar-refractivity contribution in [3.05, 3.63) is 29.3 Å². The molecule has 0 amide bonds. The number of methoxy groups -OCH3 is 1. The lowest BCUT2D eigenvalue weighted by Gasteiger charge is -2.14. The monoisotopic (exact) mass is 262 g/mol. The average Bonchev–Trinajstić information content (AvgIpc) is 2.27. The molecule has 0 aromatic heterocycles. The van der Waals surface area contributed by atoms with Gasteiger partial charge < -0.3 is 9.84 Å². The lowest BCUT2D eigenvalue weighted by Crippen LogP contribution is -2.11. The van der Waals surface area contributed by atoms with E-state index in [9.17, 15) is 8.42 Å². The molecule has 1 aromatic carbocycles. The molecule has 1 atom stereocenters. The van der Waals surface area contributed by atoms with Gasteiger partial charge in [-0.15, -0.1) is 0 Å². The fourth-order valence-corrected chi connectivity index (χ4v) is 2.65. The minimum Gasteiger partial charge on any atom is -0.496 e. The highest BCUT2D eigenvalue weighted by atomic mass is 32.2. The van der Waals surface area contributed by atoms with Crippen LogP contribution < -0.4 is 4.74 Å². The van der Waals surface area contributed by atoms with E-state index in [1.54, 1.807) is 19.1 Å². The van der Waals surface area contributed by atoms with Crippen LogP contribution in [0.5, 0.6) is 5.75 Å². The largest absolute Gasteiger partial charge is 0.496 e. The van der Waals surface area contributed by atoms with Crippen molar-refractivity contribution in [1.82, 2.24) is 0 Å². The molecule has 0 bridgehead atoms. The summed E-state index contributed by atoms with van der Waals surface area (Å²) < 4.78 is 36.5. The minimum atomic E-state index is -4.14. The second-order valence-corrected chi connectivity index (χ2v) is 5.24. The molecular weight excluding hydrogens is 244 g/mol. The molecule has 1 rings (SSSR count).